The Hall–Kier alpha value is -1.80. The quantitative estimate of drug-likeness (QED) is 0.874. The van der Waals surface area contributed by atoms with E-state index in [2.05, 4.69) is 27.1 Å². The van der Waals surface area contributed by atoms with E-state index in [0.29, 0.717) is 17.9 Å². The standard InChI is InChI=1S/C12H10BrN3O/c1-2-17-11-7-15-16(8-11)12-4-3-10(13)5-9(12)6-14/h3-5,7-8H,2H2,1H3. The van der Waals surface area contributed by atoms with Crippen molar-refractivity contribution in [2.75, 3.05) is 6.61 Å². The van der Waals surface area contributed by atoms with Gasteiger partial charge in [-0.3, -0.25) is 0 Å². The summed E-state index contributed by atoms with van der Waals surface area (Å²) in [6, 6.07) is 7.62. The number of nitriles is 1. The SMILES string of the molecule is CCOc1cnn(-c2ccc(Br)cc2C#N)c1. The van der Waals surface area contributed by atoms with Gasteiger partial charge in [-0.1, -0.05) is 15.9 Å². The molecular weight excluding hydrogens is 282 g/mol. The molecule has 0 amide bonds. The van der Waals surface area contributed by atoms with Gasteiger partial charge in [0.1, 0.15) is 6.07 Å². The van der Waals surface area contributed by atoms with Gasteiger partial charge in [0, 0.05) is 4.47 Å². The summed E-state index contributed by atoms with van der Waals surface area (Å²) in [5, 5.41) is 13.2. The second-order valence-electron chi connectivity index (χ2n) is 3.33. The fourth-order valence-electron chi connectivity index (χ4n) is 1.48. The van der Waals surface area contributed by atoms with Gasteiger partial charge in [0.25, 0.3) is 0 Å². The van der Waals surface area contributed by atoms with E-state index in [-0.39, 0.29) is 0 Å². The van der Waals surface area contributed by atoms with Crippen LogP contribution in [0, 0.1) is 11.3 Å². The van der Waals surface area contributed by atoms with Gasteiger partial charge in [-0.25, -0.2) is 4.68 Å². The lowest BCUT2D eigenvalue weighted by molar-refractivity contribution is 0.340. The molecule has 2 rings (SSSR count). The predicted octanol–water partition coefficient (Wildman–Crippen LogP) is 2.91. The van der Waals surface area contributed by atoms with E-state index in [1.165, 1.54) is 0 Å². The van der Waals surface area contributed by atoms with Crippen LogP contribution in [0.15, 0.2) is 35.1 Å². The van der Waals surface area contributed by atoms with Crippen LogP contribution in [-0.4, -0.2) is 16.4 Å². The second kappa shape index (κ2) is 5.02. The molecule has 5 heteroatoms. The van der Waals surface area contributed by atoms with Gasteiger partial charge in [-0.05, 0) is 25.1 Å². The molecule has 0 unspecified atom stereocenters. The molecule has 0 aliphatic heterocycles. The highest BCUT2D eigenvalue weighted by atomic mass is 79.9. The number of benzene rings is 1. The number of aromatic nitrogens is 2. The van der Waals surface area contributed by atoms with Gasteiger partial charge in [0.2, 0.25) is 0 Å². The summed E-state index contributed by atoms with van der Waals surface area (Å²) in [6.07, 6.45) is 3.39. The van der Waals surface area contributed by atoms with E-state index in [1.54, 1.807) is 23.1 Å². The first kappa shape index (κ1) is 11.7. The van der Waals surface area contributed by atoms with E-state index in [1.807, 2.05) is 19.1 Å². The average molecular weight is 292 g/mol. The Bertz CT molecular complexity index is 571. The number of nitrogens with zero attached hydrogens (tertiary/aromatic N) is 3. The molecule has 2 aromatic rings. The Morgan fingerprint density at radius 1 is 1.53 bits per heavy atom. The molecule has 0 aliphatic rings. The Morgan fingerprint density at radius 3 is 3.06 bits per heavy atom. The molecular formula is C12H10BrN3O. The van der Waals surface area contributed by atoms with Crippen molar-refractivity contribution in [3.05, 3.63) is 40.6 Å². The molecule has 0 N–H and O–H groups in total. The van der Waals surface area contributed by atoms with Gasteiger partial charge >= 0.3 is 0 Å². The lowest BCUT2D eigenvalue weighted by Crippen LogP contribution is -1.97. The van der Waals surface area contributed by atoms with Crippen LogP contribution in [0.1, 0.15) is 12.5 Å². The average Bonchev–Trinajstić information content (AvgIpc) is 2.78. The fraction of sp³-hybridized carbons (Fsp3) is 0.167. The molecule has 0 bridgehead atoms. The zero-order valence-electron chi connectivity index (χ0n) is 9.22. The Kier molecular flexibility index (Phi) is 3.45. The van der Waals surface area contributed by atoms with Crippen LogP contribution in [0.4, 0.5) is 0 Å². The predicted molar refractivity (Wildman–Crippen MR) is 67.1 cm³/mol. The van der Waals surface area contributed by atoms with Crippen molar-refractivity contribution in [3.8, 4) is 17.5 Å². The summed E-state index contributed by atoms with van der Waals surface area (Å²) in [5.74, 6) is 0.694. The Balaban J connectivity index is 2.42. The smallest absolute Gasteiger partial charge is 0.157 e. The van der Waals surface area contributed by atoms with E-state index < -0.39 is 0 Å². The fourth-order valence-corrected chi connectivity index (χ4v) is 1.84. The van der Waals surface area contributed by atoms with Crippen molar-refractivity contribution < 1.29 is 4.74 Å². The molecule has 0 saturated carbocycles. The molecule has 1 heterocycles. The van der Waals surface area contributed by atoms with Crippen molar-refractivity contribution in [2.45, 2.75) is 6.92 Å². The summed E-state index contributed by atoms with van der Waals surface area (Å²) in [7, 11) is 0. The second-order valence-corrected chi connectivity index (χ2v) is 4.24. The molecule has 17 heavy (non-hydrogen) atoms. The highest BCUT2D eigenvalue weighted by molar-refractivity contribution is 9.10. The molecule has 0 atom stereocenters. The number of ether oxygens (including phenoxy) is 1. The third-order valence-corrected chi connectivity index (χ3v) is 2.69. The third-order valence-electron chi connectivity index (χ3n) is 2.20. The molecule has 0 saturated heterocycles. The Morgan fingerprint density at radius 2 is 2.35 bits per heavy atom. The maximum atomic E-state index is 9.07. The summed E-state index contributed by atoms with van der Waals surface area (Å²) < 4.78 is 7.84. The van der Waals surface area contributed by atoms with Crippen LogP contribution in [0.3, 0.4) is 0 Å². The van der Waals surface area contributed by atoms with Crippen molar-refractivity contribution in [3.63, 3.8) is 0 Å². The lowest BCUT2D eigenvalue weighted by atomic mass is 10.2. The van der Waals surface area contributed by atoms with Crippen molar-refractivity contribution in [2.24, 2.45) is 0 Å². The van der Waals surface area contributed by atoms with E-state index in [0.717, 1.165) is 10.2 Å². The van der Waals surface area contributed by atoms with E-state index >= 15 is 0 Å². The van der Waals surface area contributed by atoms with Crippen molar-refractivity contribution in [1.29, 1.82) is 5.26 Å². The van der Waals surface area contributed by atoms with E-state index in [9.17, 15) is 0 Å². The first-order chi connectivity index (χ1) is 8.24. The molecule has 1 aromatic heterocycles. The highest BCUT2D eigenvalue weighted by Crippen LogP contribution is 2.20. The highest BCUT2D eigenvalue weighted by Gasteiger charge is 2.07. The molecule has 4 nitrogen and oxygen atoms in total. The van der Waals surface area contributed by atoms with Gasteiger partial charge in [-0.15, -0.1) is 0 Å². The Labute approximate surface area is 108 Å². The van der Waals surface area contributed by atoms with Crippen LogP contribution in [0.25, 0.3) is 5.69 Å². The third kappa shape index (κ3) is 2.48. The van der Waals surface area contributed by atoms with Gasteiger partial charge in [0.05, 0.1) is 30.3 Å². The van der Waals surface area contributed by atoms with Crippen LogP contribution < -0.4 is 4.74 Å². The summed E-state index contributed by atoms with van der Waals surface area (Å²) >= 11 is 3.33. The molecule has 0 fully saturated rings. The van der Waals surface area contributed by atoms with Gasteiger partial charge < -0.3 is 4.74 Å². The maximum absolute atomic E-state index is 9.07. The molecule has 0 spiro atoms. The van der Waals surface area contributed by atoms with Crippen LogP contribution in [0.2, 0.25) is 0 Å². The monoisotopic (exact) mass is 291 g/mol. The minimum absolute atomic E-state index is 0.561. The minimum atomic E-state index is 0.561. The molecule has 0 aliphatic carbocycles. The van der Waals surface area contributed by atoms with Crippen LogP contribution >= 0.6 is 15.9 Å². The topological polar surface area (TPSA) is 50.8 Å². The maximum Gasteiger partial charge on any atom is 0.157 e. The number of hydrogen-bond acceptors (Lipinski definition) is 3. The van der Waals surface area contributed by atoms with Crippen molar-refractivity contribution in [1.82, 2.24) is 9.78 Å². The zero-order valence-corrected chi connectivity index (χ0v) is 10.8. The lowest BCUT2D eigenvalue weighted by Gasteiger charge is -2.03. The normalized spacial score (nSPS) is 9.94. The van der Waals surface area contributed by atoms with E-state index in [4.69, 9.17) is 10.00 Å². The van der Waals surface area contributed by atoms with Gasteiger partial charge in [-0.2, -0.15) is 10.4 Å². The summed E-state index contributed by atoms with van der Waals surface area (Å²) in [6.45, 7) is 2.51. The van der Waals surface area contributed by atoms with Crippen LogP contribution in [0.5, 0.6) is 5.75 Å². The summed E-state index contributed by atoms with van der Waals surface area (Å²) in [4.78, 5) is 0. The molecule has 86 valence electrons. The molecule has 1 aromatic carbocycles. The van der Waals surface area contributed by atoms with Crippen LogP contribution in [-0.2, 0) is 0 Å². The number of halogens is 1. The first-order valence-corrected chi connectivity index (χ1v) is 5.91. The molecule has 0 radical (unpaired) electrons. The summed E-state index contributed by atoms with van der Waals surface area (Å²) in [5.41, 5.74) is 1.30. The van der Waals surface area contributed by atoms with Crippen molar-refractivity contribution >= 4 is 15.9 Å². The zero-order chi connectivity index (χ0) is 12.3. The first-order valence-electron chi connectivity index (χ1n) is 5.12. The van der Waals surface area contributed by atoms with Gasteiger partial charge in [0.15, 0.2) is 5.75 Å². The number of rotatable bonds is 3. The minimum Gasteiger partial charge on any atom is -0.491 e. The largest absolute Gasteiger partial charge is 0.491 e. The number of hydrogen-bond donors (Lipinski definition) is 0.